The number of aromatic nitrogens is 3. The van der Waals surface area contributed by atoms with Crippen molar-refractivity contribution >= 4 is 11.0 Å². The molecule has 0 aliphatic heterocycles. The zero-order valence-corrected chi connectivity index (χ0v) is 7.81. The second-order valence-electron chi connectivity index (χ2n) is 3.37. The topological polar surface area (TPSA) is 41.6 Å². The van der Waals surface area contributed by atoms with Crippen LogP contribution >= 0.6 is 0 Å². The number of halogens is 2. The van der Waals surface area contributed by atoms with Gasteiger partial charge >= 0.3 is 0 Å². The lowest BCUT2D eigenvalue weighted by Gasteiger charge is -2.07. The predicted molar refractivity (Wildman–Crippen MR) is 48.2 cm³/mol. The molecule has 3 nitrogen and oxygen atoms in total. The van der Waals surface area contributed by atoms with Crippen molar-refractivity contribution in [3.8, 4) is 0 Å². The molecule has 1 N–H and O–H groups in total. The Bertz CT molecular complexity index is 470. The van der Waals surface area contributed by atoms with Crippen LogP contribution in [-0.4, -0.2) is 15.2 Å². The summed E-state index contributed by atoms with van der Waals surface area (Å²) in [5.74, 6) is -2.91. The summed E-state index contributed by atoms with van der Waals surface area (Å²) in [5, 5.41) is 6.42. The first kappa shape index (κ1) is 9.05. The summed E-state index contributed by atoms with van der Waals surface area (Å²) in [7, 11) is 0. The summed E-state index contributed by atoms with van der Waals surface area (Å²) >= 11 is 0. The minimum atomic E-state index is -2.91. The highest BCUT2D eigenvalue weighted by Crippen LogP contribution is 2.30. The Kier molecular flexibility index (Phi) is 1.77. The molecule has 2 rings (SSSR count). The molecule has 0 bridgehead atoms. The molecule has 0 amide bonds. The molecule has 0 atom stereocenters. The Hall–Kier alpha value is -1.52. The summed E-state index contributed by atoms with van der Waals surface area (Å²) in [4.78, 5) is 3.94. The number of aryl methyl sites for hydroxylation is 1. The lowest BCUT2D eigenvalue weighted by molar-refractivity contribution is 0.0142. The minimum Gasteiger partial charge on any atom is -0.274 e. The van der Waals surface area contributed by atoms with E-state index in [1.807, 2.05) is 0 Å². The highest BCUT2D eigenvalue weighted by atomic mass is 19.3. The van der Waals surface area contributed by atoms with Crippen LogP contribution in [0.15, 0.2) is 12.3 Å². The number of rotatable bonds is 1. The average Bonchev–Trinajstić information content (AvgIpc) is 2.45. The van der Waals surface area contributed by atoms with E-state index < -0.39 is 5.92 Å². The van der Waals surface area contributed by atoms with Crippen molar-refractivity contribution in [1.29, 1.82) is 0 Å². The van der Waals surface area contributed by atoms with E-state index in [4.69, 9.17) is 0 Å². The van der Waals surface area contributed by atoms with Gasteiger partial charge in [0.25, 0.3) is 5.92 Å². The smallest absolute Gasteiger partial charge is 0.274 e. The molecule has 2 heterocycles. The van der Waals surface area contributed by atoms with E-state index in [9.17, 15) is 8.78 Å². The van der Waals surface area contributed by atoms with Crippen LogP contribution in [0.1, 0.15) is 18.2 Å². The van der Waals surface area contributed by atoms with E-state index in [1.54, 1.807) is 19.2 Å². The van der Waals surface area contributed by atoms with Gasteiger partial charge in [0, 0.05) is 18.5 Å². The summed E-state index contributed by atoms with van der Waals surface area (Å²) in [5.41, 5.74) is 0.986. The van der Waals surface area contributed by atoms with Gasteiger partial charge in [-0.25, -0.2) is 4.98 Å². The third-order valence-corrected chi connectivity index (χ3v) is 1.99. The van der Waals surface area contributed by atoms with Crippen molar-refractivity contribution in [1.82, 2.24) is 15.2 Å². The maximum Gasteiger partial charge on any atom is 0.287 e. The quantitative estimate of drug-likeness (QED) is 0.762. The van der Waals surface area contributed by atoms with Crippen LogP contribution < -0.4 is 0 Å². The first-order valence-electron chi connectivity index (χ1n) is 4.17. The number of hydrogen-bond acceptors (Lipinski definition) is 2. The fourth-order valence-corrected chi connectivity index (χ4v) is 1.34. The number of hydrogen-bond donors (Lipinski definition) is 1. The average molecular weight is 197 g/mol. The van der Waals surface area contributed by atoms with Crippen LogP contribution in [0.25, 0.3) is 11.0 Å². The zero-order chi connectivity index (χ0) is 10.3. The molecule has 2 aromatic rings. The van der Waals surface area contributed by atoms with Gasteiger partial charge in [0.15, 0.2) is 5.65 Å². The number of aromatic amines is 1. The number of pyridine rings is 1. The van der Waals surface area contributed by atoms with Gasteiger partial charge in [-0.3, -0.25) is 5.10 Å². The lowest BCUT2D eigenvalue weighted by atomic mass is 10.1. The van der Waals surface area contributed by atoms with Gasteiger partial charge in [-0.2, -0.15) is 13.9 Å². The molecular formula is C9H9F2N3. The van der Waals surface area contributed by atoms with Crippen molar-refractivity contribution in [2.75, 3.05) is 0 Å². The largest absolute Gasteiger partial charge is 0.287 e. The minimum absolute atomic E-state index is 0.177. The highest BCUT2D eigenvalue weighted by Gasteiger charge is 2.29. The molecule has 2 aromatic heterocycles. The van der Waals surface area contributed by atoms with E-state index in [2.05, 4.69) is 15.2 Å². The molecule has 14 heavy (non-hydrogen) atoms. The van der Waals surface area contributed by atoms with Gasteiger partial charge in [-0.15, -0.1) is 0 Å². The van der Waals surface area contributed by atoms with Crippen molar-refractivity contribution in [2.45, 2.75) is 19.8 Å². The Morgan fingerprint density at radius 2 is 2.14 bits per heavy atom. The fraction of sp³-hybridized carbons (Fsp3) is 0.333. The molecular weight excluding hydrogens is 188 g/mol. The third kappa shape index (κ3) is 1.34. The van der Waals surface area contributed by atoms with Crippen LogP contribution in [0.2, 0.25) is 0 Å². The number of nitrogens with zero attached hydrogens (tertiary/aromatic N) is 2. The Morgan fingerprint density at radius 1 is 1.43 bits per heavy atom. The number of H-pyrrole nitrogens is 1. The van der Waals surface area contributed by atoms with Crippen LogP contribution in [0.3, 0.4) is 0 Å². The standard InChI is InChI=1S/C9H9F2N3/c1-5-3-6-7(9(2,10)11)13-14-8(6)12-4-5/h3-4H,1-2H3,(H,12,13,14). The first-order chi connectivity index (χ1) is 6.48. The maximum absolute atomic E-state index is 13.1. The van der Waals surface area contributed by atoms with E-state index in [0.717, 1.165) is 12.5 Å². The predicted octanol–water partition coefficient (Wildman–Crippen LogP) is 2.38. The SMILES string of the molecule is Cc1cnc2n[nH]c(C(C)(F)F)c2c1. The molecule has 0 spiro atoms. The third-order valence-electron chi connectivity index (χ3n) is 1.99. The normalized spacial score (nSPS) is 12.3. The zero-order valence-electron chi connectivity index (χ0n) is 7.81. The van der Waals surface area contributed by atoms with E-state index in [-0.39, 0.29) is 5.69 Å². The maximum atomic E-state index is 13.1. The molecule has 0 radical (unpaired) electrons. The van der Waals surface area contributed by atoms with Gasteiger partial charge in [-0.05, 0) is 18.6 Å². The second-order valence-corrected chi connectivity index (χ2v) is 3.37. The van der Waals surface area contributed by atoms with Crippen molar-refractivity contribution < 1.29 is 8.78 Å². The summed E-state index contributed by atoms with van der Waals surface area (Å²) in [6.45, 7) is 2.64. The molecule has 0 aliphatic carbocycles. The van der Waals surface area contributed by atoms with Gasteiger partial charge in [0.1, 0.15) is 5.69 Å². The summed E-state index contributed by atoms with van der Waals surface area (Å²) in [6, 6.07) is 1.65. The van der Waals surface area contributed by atoms with E-state index >= 15 is 0 Å². The fourth-order valence-electron chi connectivity index (χ4n) is 1.34. The molecule has 74 valence electrons. The summed E-state index contributed by atoms with van der Waals surface area (Å²) < 4.78 is 26.1. The Balaban J connectivity index is 2.73. The number of fused-ring (bicyclic) bond motifs is 1. The van der Waals surface area contributed by atoms with Crippen LogP contribution in [0.4, 0.5) is 8.78 Å². The van der Waals surface area contributed by atoms with Crippen molar-refractivity contribution in [2.24, 2.45) is 0 Å². The number of alkyl halides is 2. The molecule has 0 aliphatic rings. The Morgan fingerprint density at radius 3 is 2.79 bits per heavy atom. The van der Waals surface area contributed by atoms with Gasteiger partial charge < -0.3 is 0 Å². The van der Waals surface area contributed by atoms with E-state index in [0.29, 0.717) is 11.0 Å². The summed E-state index contributed by atoms with van der Waals surface area (Å²) in [6.07, 6.45) is 1.60. The monoisotopic (exact) mass is 197 g/mol. The van der Waals surface area contributed by atoms with Gasteiger partial charge in [-0.1, -0.05) is 0 Å². The van der Waals surface area contributed by atoms with Crippen molar-refractivity contribution in [3.63, 3.8) is 0 Å². The van der Waals surface area contributed by atoms with E-state index in [1.165, 1.54) is 0 Å². The van der Waals surface area contributed by atoms with Crippen LogP contribution in [0.5, 0.6) is 0 Å². The van der Waals surface area contributed by atoms with Crippen molar-refractivity contribution in [3.05, 3.63) is 23.5 Å². The highest BCUT2D eigenvalue weighted by molar-refractivity contribution is 5.78. The molecule has 0 unspecified atom stereocenters. The molecule has 0 aromatic carbocycles. The number of nitrogens with one attached hydrogen (secondary N) is 1. The second kappa shape index (κ2) is 2.73. The molecule has 0 saturated carbocycles. The molecule has 0 fully saturated rings. The Labute approximate surface area is 79.2 Å². The molecule has 5 heteroatoms. The lowest BCUT2D eigenvalue weighted by Crippen LogP contribution is -2.07. The van der Waals surface area contributed by atoms with Gasteiger partial charge in [0.2, 0.25) is 0 Å². The first-order valence-corrected chi connectivity index (χ1v) is 4.17. The van der Waals surface area contributed by atoms with Crippen LogP contribution in [0, 0.1) is 6.92 Å². The van der Waals surface area contributed by atoms with Gasteiger partial charge in [0.05, 0.1) is 0 Å². The molecule has 0 saturated heterocycles. The van der Waals surface area contributed by atoms with Crippen LogP contribution in [-0.2, 0) is 5.92 Å².